The third-order valence-electron chi connectivity index (χ3n) is 2.12. The summed E-state index contributed by atoms with van der Waals surface area (Å²) in [6, 6.07) is 5.64. The molecule has 0 saturated heterocycles. The highest BCUT2D eigenvalue weighted by Gasteiger charge is 2.11. The first-order valence-electron chi connectivity index (χ1n) is 4.52. The van der Waals surface area contributed by atoms with Gasteiger partial charge in [-0.2, -0.15) is 0 Å². The van der Waals surface area contributed by atoms with E-state index in [2.05, 4.69) is 20.9 Å². The Morgan fingerprint density at radius 2 is 2.36 bits per heavy atom. The van der Waals surface area contributed by atoms with E-state index < -0.39 is 0 Å². The Hall–Kier alpha value is -0.870. The predicted molar refractivity (Wildman–Crippen MR) is 58.9 cm³/mol. The van der Waals surface area contributed by atoms with Gasteiger partial charge in [0.05, 0.1) is 6.04 Å². The summed E-state index contributed by atoms with van der Waals surface area (Å²) in [5, 5.41) is 0. The van der Waals surface area contributed by atoms with Crippen molar-refractivity contribution < 1.29 is 4.42 Å². The molecule has 0 aliphatic carbocycles. The number of benzene rings is 1. The summed E-state index contributed by atoms with van der Waals surface area (Å²) in [5.41, 5.74) is 7.46. The van der Waals surface area contributed by atoms with Crippen LogP contribution in [-0.4, -0.2) is 4.98 Å². The largest absolute Gasteiger partial charge is 0.439 e. The maximum absolute atomic E-state index is 5.83. The van der Waals surface area contributed by atoms with E-state index in [-0.39, 0.29) is 6.04 Å². The van der Waals surface area contributed by atoms with Gasteiger partial charge >= 0.3 is 0 Å². The Kier molecular flexibility index (Phi) is 2.56. The average molecular weight is 255 g/mol. The van der Waals surface area contributed by atoms with Crippen molar-refractivity contribution in [2.24, 2.45) is 5.73 Å². The number of rotatable bonds is 2. The highest BCUT2D eigenvalue weighted by molar-refractivity contribution is 9.10. The normalized spacial score (nSPS) is 13.4. The molecular weight excluding hydrogens is 244 g/mol. The van der Waals surface area contributed by atoms with Crippen molar-refractivity contribution in [1.82, 2.24) is 4.98 Å². The highest BCUT2D eigenvalue weighted by atomic mass is 79.9. The van der Waals surface area contributed by atoms with Gasteiger partial charge in [0.15, 0.2) is 5.58 Å². The summed E-state index contributed by atoms with van der Waals surface area (Å²) in [6.07, 6.45) is 0.827. The van der Waals surface area contributed by atoms with Gasteiger partial charge in [-0.3, -0.25) is 0 Å². The molecule has 74 valence electrons. The van der Waals surface area contributed by atoms with Crippen LogP contribution in [0.3, 0.4) is 0 Å². The number of oxazole rings is 1. The lowest BCUT2D eigenvalue weighted by molar-refractivity contribution is 0.469. The van der Waals surface area contributed by atoms with Crippen LogP contribution in [-0.2, 0) is 0 Å². The van der Waals surface area contributed by atoms with Crippen molar-refractivity contribution in [2.75, 3.05) is 0 Å². The fourth-order valence-electron chi connectivity index (χ4n) is 1.25. The molecule has 0 radical (unpaired) electrons. The molecule has 0 aliphatic heterocycles. The van der Waals surface area contributed by atoms with Crippen molar-refractivity contribution in [3.05, 3.63) is 28.6 Å². The second-order valence-corrected chi connectivity index (χ2v) is 4.09. The van der Waals surface area contributed by atoms with Gasteiger partial charge in [0.1, 0.15) is 5.52 Å². The van der Waals surface area contributed by atoms with Crippen molar-refractivity contribution in [2.45, 2.75) is 19.4 Å². The summed E-state index contributed by atoms with van der Waals surface area (Å²) < 4.78 is 6.52. The molecule has 4 heteroatoms. The molecule has 0 saturated carbocycles. The van der Waals surface area contributed by atoms with Crippen molar-refractivity contribution in [3.8, 4) is 0 Å². The number of nitrogens with zero attached hydrogens (tertiary/aromatic N) is 1. The van der Waals surface area contributed by atoms with E-state index in [9.17, 15) is 0 Å². The third kappa shape index (κ3) is 1.67. The highest BCUT2D eigenvalue weighted by Crippen LogP contribution is 2.23. The topological polar surface area (TPSA) is 52.0 Å². The molecule has 2 N–H and O–H groups in total. The molecule has 0 spiro atoms. The maximum Gasteiger partial charge on any atom is 0.212 e. The van der Waals surface area contributed by atoms with Crippen LogP contribution >= 0.6 is 15.9 Å². The Morgan fingerprint density at radius 1 is 1.57 bits per heavy atom. The first-order valence-corrected chi connectivity index (χ1v) is 5.31. The Balaban J connectivity index is 2.51. The van der Waals surface area contributed by atoms with Crippen molar-refractivity contribution in [3.63, 3.8) is 0 Å². The number of nitrogens with two attached hydrogens (primary N) is 1. The molecule has 2 rings (SSSR count). The lowest BCUT2D eigenvalue weighted by atomic mass is 10.2. The van der Waals surface area contributed by atoms with Crippen LogP contribution < -0.4 is 5.73 Å². The number of halogens is 1. The van der Waals surface area contributed by atoms with Crippen molar-refractivity contribution in [1.29, 1.82) is 0 Å². The van der Waals surface area contributed by atoms with Crippen LogP contribution in [0.5, 0.6) is 0 Å². The smallest absolute Gasteiger partial charge is 0.212 e. The van der Waals surface area contributed by atoms with Gasteiger partial charge in [0, 0.05) is 4.47 Å². The van der Waals surface area contributed by atoms with Gasteiger partial charge in [-0.05, 0) is 24.6 Å². The Labute approximate surface area is 90.4 Å². The van der Waals surface area contributed by atoms with E-state index >= 15 is 0 Å². The zero-order chi connectivity index (χ0) is 10.1. The standard InChI is InChI=1S/C10H11BrN2O/c1-2-7(12)10-13-8-4-3-6(11)5-9(8)14-10/h3-5,7H,2,12H2,1H3. The van der Waals surface area contributed by atoms with Gasteiger partial charge < -0.3 is 10.2 Å². The summed E-state index contributed by atoms with van der Waals surface area (Å²) >= 11 is 3.38. The molecule has 0 fully saturated rings. The minimum absolute atomic E-state index is 0.110. The van der Waals surface area contributed by atoms with Crippen LogP contribution in [0.2, 0.25) is 0 Å². The summed E-state index contributed by atoms with van der Waals surface area (Å²) in [5.74, 6) is 0.612. The molecule has 1 unspecified atom stereocenters. The van der Waals surface area contributed by atoms with Gasteiger partial charge in [0.2, 0.25) is 5.89 Å². The van der Waals surface area contributed by atoms with E-state index in [1.807, 2.05) is 25.1 Å². The monoisotopic (exact) mass is 254 g/mol. The van der Waals surface area contributed by atoms with Crippen LogP contribution in [0.15, 0.2) is 27.1 Å². The number of hydrogen-bond donors (Lipinski definition) is 1. The first kappa shape index (κ1) is 9.68. The molecule has 1 atom stereocenters. The van der Waals surface area contributed by atoms with Crippen LogP contribution in [0.1, 0.15) is 25.3 Å². The maximum atomic E-state index is 5.83. The fraction of sp³-hybridized carbons (Fsp3) is 0.300. The second-order valence-electron chi connectivity index (χ2n) is 3.18. The summed E-state index contributed by atoms with van der Waals surface area (Å²) in [7, 11) is 0. The second kappa shape index (κ2) is 3.71. The molecular formula is C10H11BrN2O. The minimum Gasteiger partial charge on any atom is -0.439 e. The molecule has 0 bridgehead atoms. The zero-order valence-electron chi connectivity index (χ0n) is 7.83. The Bertz CT molecular complexity index is 452. The van der Waals surface area contributed by atoms with E-state index in [4.69, 9.17) is 10.2 Å². The van der Waals surface area contributed by atoms with E-state index in [0.717, 1.165) is 22.0 Å². The SMILES string of the molecule is CCC(N)c1nc2ccc(Br)cc2o1. The van der Waals surface area contributed by atoms with Crippen LogP contribution in [0.4, 0.5) is 0 Å². The Morgan fingerprint density at radius 3 is 3.07 bits per heavy atom. The number of aromatic nitrogens is 1. The predicted octanol–water partition coefficient (Wildman–Crippen LogP) is 3.00. The number of hydrogen-bond acceptors (Lipinski definition) is 3. The molecule has 1 aromatic carbocycles. The fourth-order valence-corrected chi connectivity index (χ4v) is 1.59. The van der Waals surface area contributed by atoms with E-state index in [1.165, 1.54) is 0 Å². The molecule has 1 heterocycles. The van der Waals surface area contributed by atoms with Crippen molar-refractivity contribution >= 4 is 27.0 Å². The lowest BCUT2D eigenvalue weighted by Crippen LogP contribution is -2.08. The lowest BCUT2D eigenvalue weighted by Gasteiger charge is -2.00. The zero-order valence-corrected chi connectivity index (χ0v) is 9.41. The quantitative estimate of drug-likeness (QED) is 0.897. The molecule has 0 aliphatic rings. The van der Waals surface area contributed by atoms with Gasteiger partial charge in [-0.15, -0.1) is 0 Å². The molecule has 3 nitrogen and oxygen atoms in total. The first-order chi connectivity index (χ1) is 6.70. The third-order valence-corrected chi connectivity index (χ3v) is 2.62. The van der Waals surface area contributed by atoms with Crippen LogP contribution in [0, 0.1) is 0 Å². The van der Waals surface area contributed by atoms with Crippen LogP contribution in [0.25, 0.3) is 11.1 Å². The summed E-state index contributed by atoms with van der Waals surface area (Å²) in [4.78, 5) is 4.31. The minimum atomic E-state index is -0.110. The molecule has 1 aromatic heterocycles. The van der Waals surface area contributed by atoms with E-state index in [1.54, 1.807) is 0 Å². The van der Waals surface area contributed by atoms with Gasteiger partial charge in [-0.25, -0.2) is 4.98 Å². The molecule has 14 heavy (non-hydrogen) atoms. The van der Waals surface area contributed by atoms with E-state index in [0.29, 0.717) is 5.89 Å². The number of fused-ring (bicyclic) bond motifs is 1. The van der Waals surface area contributed by atoms with Gasteiger partial charge in [0.25, 0.3) is 0 Å². The average Bonchev–Trinajstić information content (AvgIpc) is 2.59. The molecule has 0 amide bonds. The van der Waals surface area contributed by atoms with Gasteiger partial charge in [-0.1, -0.05) is 22.9 Å². The summed E-state index contributed by atoms with van der Waals surface area (Å²) in [6.45, 7) is 2.01. The molecule has 2 aromatic rings.